The molecule has 192 valence electrons. The summed E-state index contributed by atoms with van der Waals surface area (Å²) in [5.41, 5.74) is 1.12. The van der Waals surface area contributed by atoms with Crippen molar-refractivity contribution in [1.82, 2.24) is 0 Å². The Bertz CT molecular complexity index is 386. The Balaban J connectivity index is 0. The van der Waals surface area contributed by atoms with Gasteiger partial charge in [0.2, 0.25) is 0 Å². The first kappa shape index (κ1) is 36.6. The molecule has 2 fully saturated rings. The molecule has 0 N–H and O–H groups in total. The van der Waals surface area contributed by atoms with Gasteiger partial charge in [-0.15, -0.1) is 0 Å². The number of rotatable bonds is 0. The Morgan fingerprint density at radius 2 is 0.531 bits per heavy atom. The molecule has 0 aliphatic heterocycles. The number of hydrogen-bond donors (Lipinski definition) is 0. The van der Waals surface area contributed by atoms with Crippen LogP contribution in [0.5, 0.6) is 0 Å². The van der Waals surface area contributed by atoms with E-state index < -0.39 is 0 Å². The molecule has 0 aromatic heterocycles. The van der Waals surface area contributed by atoms with Gasteiger partial charge in [0.25, 0.3) is 0 Å². The Kier molecular flexibility index (Phi) is 18.6. The maximum atomic E-state index is 4.83. The molecule has 0 atom stereocenters. The van der Waals surface area contributed by atoms with E-state index >= 15 is 0 Å². The quantitative estimate of drug-likeness (QED) is 0.221. The van der Waals surface area contributed by atoms with Gasteiger partial charge in [-0.05, 0) is 83.9 Å². The first-order valence-corrected chi connectivity index (χ1v) is 18.9. The minimum atomic E-state index is -0.226. The maximum absolute atomic E-state index is 4.83. The molecule has 32 heavy (non-hydrogen) atoms. The van der Waals surface area contributed by atoms with Crippen LogP contribution < -0.4 is 0 Å². The molecule has 0 unspecified atom stereocenters. The van der Waals surface area contributed by atoms with Crippen molar-refractivity contribution in [2.24, 2.45) is 21.7 Å². The fourth-order valence-corrected chi connectivity index (χ4v) is 2.75. The predicted octanol–water partition coefficient (Wildman–Crippen LogP) is 10.5. The monoisotopic (exact) mass is 700 g/mol. The van der Waals surface area contributed by atoms with Crippen molar-refractivity contribution < 1.29 is 30.3 Å². The second-order valence-corrected chi connectivity index (χ2v) is 16.8. The summed E-state index contributed by atoms with van der Waals surface area (Å²) in [4.78, 5) is 0. The van der Waals surface area contributed by atoms with Crippen molar-refractivity contribution in [3.63, 3.8) is 0 Å². The zero-order valence-corrected chi connectivity index (χ0v) is 27.9. The molecule has 0 heterocycles. The van der Waals surface area contributed by atoms with Crippen molar-refractivity contribution in [1.29, 1.82) is 0 Å². The van der Waals surface area contributed by atoms with Gasteiger partial charge in [-0.2, -0.15) is 0 Å². The van der Waals surface area contributed by atoms with E-state index in [4.69, 9.17) is 38.8 Å². The first-order valence-electron chi connectivity index (χ1n) is 10.5. The van der Waals surface area contributed by atoms with E-state index in [0.29, 0.717) is 0 Å². The Labute approximate surface area is 234 Å². The summed E-state index contributed by atoms with van der Waals surface area (Å²) in [5.74, 6) is 5.77. The van der Waals surface area contributed by atoms with Gasteiger partial charge in [0.15, 0.2) is 0 Å². The normalized spacial score (nSPS) is 19.8. The summed E-state index contributed by atoms with van der Waals surface area (Å²) in [6.45, 7) is 27.1. The molecular formula is C26H42Cl4Rh2. The van der Waals surface area contributed by atoms with E-state index in [1.54, 1.807) is 0 Å². The summed E-state index contributed by atoms with van der Waals surface area (Å²) in [7, 11) is 19.3. The SMILES string of the molecule is CC(C)(C)[C]1[CH][CH][C](C(C)(C)C)[CH]1.CC(C)(C)[C]1[CH][CH][C](C(C)(C)C)[CH]1.[Cl][Rh][Cl].[Cl][Rh][Cl]. The zero-order chi connectivity index (χ0) is 26.0. The van der Waals surface area contributed by atoms with Crippen LogP contribution >= 0.6 is 38.8 Å². The van der Waals surface area contributed by atoms with Gasteiger partial charge in [0.05, 0.1) is 0 Å². The van der Waals surface area contributed by atoms with Crippen LogP contribution in [0.3, 0.4) is 0 Å². The average molecular weight is 702 g/mol. The summed E-state index contributed by atoms with van der Waals surface area (Å²) < 4.78 is 0. The second-order valence-electron chi connectivity index (χ2n) is 11.9. The van der Waals surface area contributed by atoms with Gasteiger partial charge >= 0.3 is 69.1 Å². The van der Waals surface area contributed by atoms with Gasteiger partial charge in [-0.3, -0.25) is 0 Å². The van der Waals surface area contributed by atoms with E-state index in [1.807, 2.05) is 0 Å². The third-order valence-electron chi connectivity index (χ3n) is 4.97. The molecule has 2 rings (SSSR count). The molecule has 2 aliphatic carbocycles. The standard InChI is InChI=1S/2C13H21.4ClH.2Rh/c2*1-12(2,3)10-7-8-11(9-10)13(4,5)6;;;;;;/h2*7-9H,1-6H3;4*1H;;/q;;;;;;2*+2/p-4. The van der Waals surface area contributed by atoms with E-state index in [9.17, 15) is 0 Å². The van der Waals surface area contributed by atoms with Crippen molar-refractivity contribution in [2.75, 3.05) is 0 Å². The Morgan fingerprint density at radius 3 is 0.594 bits per heavy atom. The molecule has 2 aliphatic rings. The number of hydrogen-bond acceptors (Lipinski definition) is 0. The molecular weight excluding hydrogens is 660 g/mol. The van der Waals surface area contributed by atoms with Crippen molar-refractivity contribution in [2.45, 2.75) is 83.1 Å². The molecule has 0 spiro atoms. The Hall–Kier alpha value is 2.41. The van der Waals surface area contributed by atoms with Crippen LogP contribution in [0.2, 0.25) is 0 Å². The van der Waals surface area contributed by atoms with Gasteiger partial charge in [-0.25, -0.2) is 0 Å². The van der Waals surface area contributed by atoms with Crippen molar-refractivity contribution in [3.8, 4) is 0 Å². The summed E-state index contributed by atoms with van der Waals surface area (Å²) >= 11 is -0.451. The number of halogens is 4. The summed E-state index contributed by atoms with van der Waals surface area (Å²) in [6.07, 6.45) is 13.7. The van der Waals surface area contributed by atoms with Gasteiger partial charge in [-0.1, -0.05) is 83.1 Å². The third kappa shape index (κ3) is 16.2. The average Bonchev–Trinajstić information content (AvgIpc) is 3.25. The molecule has 6 heteroatoms. The molecule has 0 bridgehead atoms. The molecule has 0 amide bonds. The van der Waals surface area contributed by atoms with E-state index in [0.717, 1.165) is 0 Å². The van der Waals surface area contributed by atoms with Crippen LogP contribution in [-0.4, -0.2) is 0 Å². The van der Waals surface area contributed by atoms with Crippen molar-refractivity contribution >= 4 is 38.8 Å². The molecule has 2 saturated carbocycles. The summed E-state index contributed by atoms with van der Waals surface area (Å²) in [6, 6.07) is 0. The van der Waals surface area contributed by atoms with E-state index in [1.165, 1.54) is 23.7 Å². The van der Waals surface area contributed by atoms with E-state index in [2.05, 4.69) is 122 Å². The molecule has 0 aromatic carbocycles. The Morgan fingerprint density at radius 1 is 0.406 bits per heavy atom. The predicted molar refractivity (Wildman–Crippen MR) is 140 cm³/mol. The minimum absolute atomic E-state index is 0.226. The molecule has 0 aromatic rings. The fourth-order valence-electron chi connectivity index (χ4n) is 2.75. The third-order valence-corrected chi connectivity index (χ3v) is 4.97. The van der Waals surface area contributed by atoms with Crippen LogP contribution in [0.4, 0.5) is 0 Å². The van der Waals surface area contributed by atoms with Gasteiger partial charge in [0, 0.05) is 0 Å². The van der Waals surface area contributed by atoms with Crippen molar-refractivity contribution in [3.05, 3.63) is 62.2 Å². The molecule has 10 radical (unpaired) electrons. The molecule has 0 saturated heterocycles. The topological polar surface area (TPSA) is 0 Å². The van der Waals surface area contributed by atoms with Gasteiger partial charge in [0.1, 0.15) is 0 Å². The fraction of sp³-hybridized carbons (Fsp3) is 0.615. The van der Waals surface area contributed by atoms with Crippen LogP contribution in [0.15, 0.2) is 0 Å². The second kappa shape index (κ2) is 16.3. The van der Waals surface area contributed by atoms with Gasteiger partial charge < -0.3 is 0 Å². The van der Waals surface area contributed by atoms with Crippen LogP contribution in [0.1, 0.15) is 83.1 Å². The first-order chi connectivity index (χ1) is 14.2. The van der Waals surface area contributed by atoms with Crippen LogP contribution in [-0.2, 0) is 30.3 Å². The summed E-state index contributed by atoms with van der Waals surface area (Å²) in [5, 5.41) is 0. The van der Waals surface area contributed by atoms with E-state index in [-0.39, 0.29) is 52.0 Å². The molecule has 0 nitrogen and oxygen atoms in total. The van der Waals surface area contributed by atoms with Crippen LogP contribution in [0, 0.1) is 83.9 Å². The zero-order valence-electron chi connectivity index (χ0n) is 21.6. The van der Waals surface area contributed by atoms with Crippen LogP contribution in [0.25, 0.3) is 0 Å².